The van der Waals surface area contributed by atoms with Crippen molar-refractivity contribution in [1.29, 1.82) is 0 Å². The second kappa shape index (κ2) is 6.23. The van der Waals surface area contributed by atoms with Crippen molar-refractivity contribution in [2.45, 2.75) is 20.4 Å². The Morgan fingerprint density at radius 3 is 2.36 bits per heavy atom. The fraction of sp³-hybridized carbons (Fsp3) is 0.500. The Bertz CT molecular complexity index is 727. The van der Waals surface area contributed by atoms with Gasteiger partial charge in [-0.15, -0.1) is 0 Å². The molecule has 2 aromatic rings. The van der Waals surface area contributed by atoms with Gasteiger partial charge in [-0.1, -0.05) is 19.1 Å². The first kappa shape index (κ1) is 15.3. The third kappa shape index (κ3) is 2.69. The summed E-state index contributed by atoms with van der Waals surface area (Å²) in [5.74, 6) is 0. The fourth-order valence-corrected chi connectivity index (χ4v) is 3.34. The van der Waals surface area contributed by atoms with Gasteiger partial charge in [-0.25, -0.2) is 0 Å². The Labute approximate surface area is 132 Å². The molecule has 118 valence electrons. The van der Waals surface area contributed by atoms with E-state index in [4.69, 9.17) is 0 Å². The van der Waals surface area contributed by atoms with Crippen LogP contribution in [0.2, 0.25) is 0 Å². The Morgan fingerprint density at radius 2 is 1.68 bits per heavy atom. The van der Waals surface area contributed by atoms with E-state index < -0.39 is 0 Å². The number of benzene rings is 1. The minimum Gasteiger partial charge on any atom is -0.347 e. The highest BCUT2D eigenvalue weighted by Crippen LogP contribution is 2.16. The molecule has 22 heavy (non-hydrogen) atoms. The van der Waals surface area contributed by atoms with Crippen LogP contribution in [0.25, 0.3) is 10.9 Å². The number of aryl methyl sites for hydroxylation is 1. The van der Waals surface area contributed by atoms with Crippen LogP contribution in [0.1, 0.15) is 18.2 Å². The summed E-state index contributed by atoms with van der Waals surface area (Å²) in [6.07, 6.45) is 0. The van der Waals surface area contributed by atoms with Crippen LogP contribution in [0.5, 0.6) is 0 Å². The lowest BCUT2D eigenvalue weighted by atomic mass is 10.1. The number of fused-ring (bicyclic) bond motifs is 1. The third-order valence-electron chi connectivity index (χ3n) is 5.02. The van der Waals surface area contributed by atoms with E-state index in [-0.39, 0.29) is 5.43 Å². The summed E-state index contributed by atoms with van der Waals surface area (Å²) in [7, 11) is 2.05. The zero-order chi connectivity index (χ0) is 15.7. The molecule has 0 N–H and O–H groups in total. The molecule has 4 heteroatoms. The van der Waals surface area contributed by atoms with Crippen molar-refractivity contribution in [1.82, 2.24) is 14.4 Å². The minimum absolute atomic E-state index is 0.198. The first-order valence-electron chi connectivity index (χ1n) is 8.13. The van der Waals surface area contributed by atoms with Crippen molar-refractivity contribution in [3.63, 3.8) is 0 Å². The van der Waals surface area contributed by atoms with Gasteiger partial charge in [0.15, 0.2) is 5.43 Å². The van der Waals surface area contributed by atoms with Crippen LogP contribution in [0.3, 0.4) is 0 Å². The Morgan fingerprint density at radius 1 is 1.05 bits per heavy atom. The van der Waals surface area contributed by atoms with Crippen molar-refractivity contribution in [2.75, 3.05) is 32.7 Å². The second-order valence-electron chi connectivity index (χ2n) is 6.18. The largest absolute Gasteiger partial charge is 0.347 e. The predicted octanol–water partition coefficient (Wildman–Crippen LogP) is 1.98. The van der Waals surface area contributed by atoms with E-state index in [9.17, 15) is 4.79 Å². The molecule has 0 aliphatic carbocycles. The van der Waals surface area contributed by atoms with Crippen LogP contribution in [-0.4, -0.2) is 47.1 Å². The summed E-state index contributed by atoms with van der Waals surface area (Å²) in [4.78, 5) is 17.7. The predicted molar refractivity (Wildman–Crippen MR) is 91.3 cm³/mol. The van der Waals surface area contributed by atoms with Gasteiger partial charge in [-0.2, -0.15) is 0 Å². The summed E-state index contributed by atoms with van der Waals surface area (Å²) in [5, 5.41) is 0.831. The molecule has 1 aromatic carbocycles. The van der Waals surface area contributed by atoms with Crippen LogP contribution < -0.4 is 5.43 Å². The summed E-state index contributed by atoms with van der Waals surface area (Å²) >= 11 is 0. The van der Waals surface area contributed by atoms with Gasteiger partial charge in [-0.3, -0.25) is 9.69 Å². The average molecular weight is 299 g/mol. The van der Waals surface area contributed by atoms with E-state index in [0.717, 1.165) is 61.4 Å². The summed E-state index contributed by atoms with van der Waals surface area (Å²) in [6.45, 7) is 10.4. The number of hydrogen-bond acceptors (Lipinski definition) is 3. The standard InChI is InChI=1S/C18H25N3O/c1-4-20-9-11-21(12-10-20)13-16-14(2)19(3)17-8-6-5-7-15(17)18(16)22/h5-8H,4,9-13H2,1-3H3. The zero-order valence-electron chi connectivity index (χ0n) is 13.8. The molecule has 2 heterocycles. The first-order chi connectivity index (χ1) is 10.6. The first-order valence-corrected chi connectivity index (χ1v) is 8.13. The molecule has 0 atom stereocenters. The van der Waals surface area contributed by atoms with Crippen molar-refractivity contribution in [2.24, 2.45) is 7.05 Å². The van der Waals surface area contributed by atoms with Crippen LogP contribution >= 0.6 is 0 Å². The molecular formula is C18H25N3O. The zero-order valence-corrected chi connectivity index (χ0v) is 13.8. The number of hydrogen-bond donors (Lipinski definition) is 0. The quantitative estimate of drug-likeness (QED) is 0.868. The van der Waals surface area contributed by atoms with Crippen molar-refractivity contribution < 1.29 is 0 Å². The molecule has 0 spiro atoms. The molecule has 0 saturated carbocycles. The number of nitrogens with zero attached hydrogens (tertiary/aromatic N) is 3. The number of piperazine rings is 1. The second-order valence-corrected chi connectivity index (χ2v) is 6.18. The average Bonchev–Trinajstić information content (AvgIpc) is 2.57. The van der Waals surface area contributed by atoms with Crippen molar-refractivity contribution in [3.05, 3.63) is 45.7 Å². The van der Waals surface area contributed by atoms with Gasteiger partial charge in [0.2, 0.25) is 0 Å². The number of aromatic nitrogens is 1. The van der Waals surface area contributed by atoms with E-state index in [1.54, 1.807) is 0 Å². The highest BCUT2D eigenvalue weighted by molar-refractivity contribution is 5.80. The molecule has 0 unspecified atom stereocenters. The smallest absolute Gasteiger partial charge is 0.194 e. The lowest BCUT2D eigenvalue weighted by Gasteiger charge is -2.34. The van der Waals surface area contributed by atoms with Gasteiger partial charge in [0.1, 0.15) is 0 Å². The van der Waals surface area contributed by atoms with E-state index in [1.807, 2.05) is 24.3 Å². The molecule has 0 amide bonds. The van der Waals surface area contributed by atoms with Gasteiger partial charge < -0.3 is 9.47 Å². The Hall–Kier alpha value is -1.65. The maximum Gasteiger partial charge on any atom is 0.194 e. The molecule has 3 rings (SSSR count). The van der Waals surface area contributed by atoms with Gasteiger partial charge in [0.05, 0.1) is 5.52 Å². The molecule has 1 aliphatic rings. The van der Waals surface area contributed by atoms with Crippen LogP contribution in [0, 0.1) is 6.92 Å². The third-order valence-corrected chi connectivity index (χ3v) is 5.02. The van der Waals surface area contributed by atoms with Gasteiger partial charge >= 0.3 is 0 Å². The number of para-hydroxylation sites is 1. The van der Waals surface area contributed by atoms with Gasteiger partial charge in [0.25, 0.3) is 0 Å². The fourth-order valence-electron chi connectivity index (χ4n) is 3.34. The maximum atomic E-state index is 12.8. The summed E-state index contributed by atoms with van der Waals surface area (Å²) in [5.41, 5.74) is 3.25. The lowest BCUT2D eigenvalue weighted by molar-refractivity contribution is 0.131. The SMILES string of the molecule is CCN1CCN(Cc2c(C)n(C)c3ccccc3c2=O)CC1. The number of rotatable bonds is 3. The van der Waals surface area contributed by atoms with E-state index >= 15 is 0 Å². The van der Waals surface area contributed by atoms with Crippen LogP contribution in [0.15, 0.2) is 29.1 Å². The number of likely N-dealkylation sites (N-methyl/N-ethyl adjacent to an activating group) is 1. The lowest BCUT2D eigenvalue weighted by Crippen LogP contribution is -2.46. The monoisotopic (exact) mass is 299 g/mol. The molecule has 1 fully saturated rings. The minimum atomic E-state index is 0.198. The normalized spacial score (nSPS) is 17.2. The topological polar surface area (TPSA) is 28.5 Å². The number of pyridine rings is 1. The highest BCUT2D eigenvalue weighted by atomic mass is 16.1. The molecule has 1 saturated heterocycles. The van der Waals surface area contributed by atoms with Crippen molar-refractivity contribution in [3.8, 4) is 0 Å². The molecule has 4 nitrogen and oxygen atoms in total. The summed E-state index contributed by atoms with van der Waals surface area (Å²) in [6, 6.07) is 7.90. The van der Waals surface area contributed by atoms with Gasteiger partial charge in [-0.05, 0) is 25.6 Å². The maximum absolute atomic E-state index is 12.8. The van der Waals surface area contributed by atoms with Crippen molar-refractivity contribution >= 4 is 10.9 Å². The van der Waals surface area contributed by atoms with Crippen LogP contribution in [-0.2, 0) is 13.6 Å². The van der Waals surface area contributed by atoms with Crippen LogP contribution in [0.4, 0.5) is 0 Å². The van der Waals surface area contributed by atoms with E-state index in [1.165, 1.54) is 0 Å². The summed E-state index contributed by atoms with van der Waals surface area (Å²) < 4.78 is 2.15. The Kier molecular flexibility index (Phi) is 4.32. The molecule has 0 bridgehead atoms. The van der Waals surface area contributed by atoms with Gasteiger partial charge in [0, 0.05) is 56.4 Å². The van der Waals surface area contributed by atoms with E-state index in [0.29, 0.717) is 0 Å². The van der Waals surface area contributed by atoms with E-state index in [2.05, 4.69) is 35.3 Å². The molecule has 1 aliphatic heterocycles. The highest BCUT2D eigenvalue weighted by Gasteiger charge is 2.19. The molecular weight excluding hydrogens is 274 g/mol. The Balaban J connectivity index is 1.93. The molecule has 1 aromatic heterocycles. The molecule has 0 radical (unpaired) electrons.